The van der Waals surface area contributed by atoms with Crippen molar-refractivity contribution in [3.8, 4) is 0 Å². The SMILES string of the molecule is O=Nc1cc(C(=O)O)ccc1B(O)O. The molecule has 0 bridgehead atoms. The molecule has 7 heteroatoms. The van der Waals surface area contributed by atoms with Gasteiger partial charge in [0.05, 0.1) is 5.56 Å². The first kappa shape index (κ1) is 10.4. The fraction of sp³-hybridized carbons (Fsp3) is 0. The highest BCUT2D eigenvalue weighted by atomic mass is 16.4. The Bertz CT molecular complexity index is 378. The molecule has 1 aromatic rings. The fourth-order valence-electron chi connectivity index (χ4n) is 0.974. The molecule has 0 radical (unpaired) electrons. The maximum Gasteiger partial charge on any atom is 0.490 e. The Morgan fingerprint density at radius 3 is 2.43 bits per heavy atom. The zero-order valence-corrected chi connectivity index (χ0v) is 6.91. The van der Waals surface area contributed by atoms with Crippen LogP contribution in [-0.2, 0) is 0 Å². The van der Waals surface area contributed by atoms with Crippen LogP contribution in [0.5, 0.6) is 0 Å². The zero-order chi connectivity index (χ0) is 10.7. The van der Waals surface area contributed by atoms with Gasteiger partial charge in [-0.2, -0.15) is 0 Å². The third kappa shape index (κ3) is 1.95. The van der Waals surface area contributed by atoms with Crippen molar-refractivity contribution in [3.63, 3.8) is 0 Å². The molecule has 0 aliphatic heterocycles. The Balaban J connectivity index is 3.25. The molecule has 3 N–H and O–H groups in total. The van der Waals surface area contributed by atoms with Crippen LogP contribution in [0.1, 0.15) is 10.4 Å². The second-order valence-corrected chi connectivity index (χ2v) is 2.54. The van der Waals surface area contributed by atoms with E-state index < -0.39 is 13.1 Å². The summed E-state index contributed by atoms with van der Waals surface area (Å²) in [6.07, 6.45) is 0. The van der Waals surface area contributed by atoms with Gasteiger partial charge in [-0.05, 0) is 17.3 Å². The Kier molecular flexibility index (Phi) is 2.95. The van der Waals surface area contributed by atoms with Crippen molar-refractivity contribution in [2.24, 2.45) is 5.18 Å². The smallest absolute Gasteiger partial charge is 0.478 e. The van der Waals surface area contributed by atoms with E-state index >= 15 is 0 Å². The van der Waals surface area contributed by atoms with Gasteiger partial charge >= 0.3 is 13.1 Å². The van der Waals surface area contributed by atoms with Gasteiger partial charge in [-0.25, -0.2) is 4.79 Å². The number of carboxylic acid groups (broad SMARTS) is 1. The Morgan fingerprint density at radius 1 is 1.36 bits per heavy atom. The lowest BCUT2D eigenvalue weighted by atomic mass is 9.78. The largest absolute Gasteiger partial charge is 0.490 e. The van der Waals surface area contributed by atoms with Crippen LogP contribution in [0.15, 0.2) is 23.4 Å². The number of hydrogen-bond donors (Lipinski definition) is 3. The summed E-state index contributed by atoms with van der Waals surface area (Å²) in [5.74, 6) is -1.21. The van der Waals surface area contributed by atoms with Gasteiger partial charge in [0.1, 0.15) is 5.69 Å². The number of benzene rings is 1. The molecule has 0 amide bonds. The van der Waals surface area contributed by atoms with Crippen molar-refractivity contribution in [2.45, 2.75) is 0 Å². The van der Waals surface area contributed by atoms with Crippen LogP contribution in [0.4, 0.5) is 5.69 Å². The molecule has 0 aromatic heterocycles. The summed E-state index contributed by atoms with van der Waals surface area (Å²) < 4.78 is 0. The lowest BCUT2D eigenvalue weighted by Gasteiger charge is -2.02. The van der Waals surface area contributed by atoms with Gasteiger partial charge in [0, 0.05) is 5.46 Å². The molecule has 72 valence electrons. The van der Waals surface area contributed by atoms with Crippen molar-refractivity contribution >= 4 is 24.2 Å². The molecular weight excluding hydrogens is 189 g/mol. The minimum Gasteiger partial charge on any atom is -0.478 e. The Labute approximate surface area is 78.9 Å². The summed E-state index contributed by atoms with van der Waals surface area (Å²) in [7, 11) is -1.84. The van der Waals surface area contributed by atoms with E-state index in [1.165, 1.54) is 0 Å². The van der Waals surface area contributed by atoms with Crippen LogP contribution in [0.2, 0.25) is 0 Å². The first-order chi connectivity index (χ1) is 6.56. The lowest BCUT2D eigenvalue weighted by Crippen LogP contribution is -2.30. The molecule has 0 aliphatic carbocycles. The Morgan fingerprint density at radius 2 is 2.00 bits per heavy atom. The summed E-state index contributed by atoms with van der Waals surface area (Å²) in [5, 5.41) is 28.6. The molecular formula is C7H6BNO5. The Hall–Kier alpha value is -1.73. The van der Waals surface area contributed by atoms with E-state index in [4.69, 9.17) is 15.2 Å². The number of nitrogens with zero attached hydrogens (tertiary/aromatic N) is 1. The normalized spacial score (nSPS) is 9.57. The van der Waals surface area contributed by atoms with Crippen LogP contribution in [0.3, 0.4) is 0 Å². The molecule has 0 heterocycles. The maximum atomic E-state index is 10.5. The van der Waals surface area contributed by atoms with E-state index in [9.17, 15) is 9.70 Å². The monoisotopic (exact) mass is 195 g/mol. The number of rotatable bonds is 3. The predicted octanol–water partition coefficient (Wildman–Crippen LogP) is -0.537. The summed E-state index contributed by atoms with van der Waals surface area (Å²) in [4.78, 5) is 20.7. The molecule has 1 aromatic carbocycles. The number of hydrogen-bond acceptors (Lipinski definition) is 5. The van der Waals surface area contributed by atoms with Gasteiger partial charge in [0.2, 0.25) is 0 Å². The molecule has 0 saturated carbocycles. The second kappa shape index (κ2) is 3.99. The third-order valence-corrected chi connectivity index (χ3v) is 1.65. The minimum absolute atomic E-state index is 0.120. The van der Waals surface area contributed by atoms with Crippen molar-refractivity contribution in [2.75, 3.05) is 0 Å². The molecule has 0 spiro atoms. The van der Waals surface area contributed by atoms with Crippen LogP contribution < -0.4 is 5.46 Å². The highest BCUT2D eigenvalue weighted by molar-refractivity contribution is 6.60. The summed E-state index contributed by atoms with van der Waals surface area (Å²) in [6, 6.07) is 3.26. The predicted molar refractivity (Wildman–Crippen MR) is 48.7 cm³/mol. The maximum absolute atomic E-state index is 10.5. The van der Waals surface area contributed by atoms with Crippen molar-refractivity contribution in [1.29, 1.82) is 0 Å². The van der Waals surface area contributed by atoms with E-state index in [0.717, 1.165) is 18.2 Å². The van der Waals surface area contributed by atoms with Crippen molar-refractivity contribution in [1.82, 2.24) is 0 Å². The molecule has 0 atom stereocenters. The van der Waals surface area contributed by atoms with Crippen LogP contribution in [-0.4, -0.2) is 28.2 Å². The number of carbonyl (C=O) groups is 1. The number of aromatic carboxylic acids is 1. The second-order valence-electron chi connectivity index (χ2n) is 2.54. The average molecular weight is 195 g/mol. The van der Waals surface area contributed by atoms with Gasteiger partial charge in [0.25, 0.3) is 0 Å². The van der Waals surface area contributed by atoms with Gasteiger partial charge in [-0.15, -0.1) is 4.91 Å². The van der Waals surface area contributed by atoms with E-state index in [-0.39, 0.29) is 16.7 Å². The van der Waals surface area contributed by atoms with Gasteiger partial charge in [-0.1, -0.05) is 6.07 Å². The standard InChI is InChI=1S/C7H6BNO5/c10-7(11)4-1-2-5(8(12)13)6(3-4)9-14/h1-3,12-13H,(H,10,11). The van der Waals surface area contributed by atoms with Crippen molar-refractivity contribution < 1.29 is 19.9 Å². The molecule has 0 fully saturated rings. The van der Waals surface area contributed by atoms with E-state index in [0.29, 0.717) is 0 Å². The number of carboxylic acids is 1. The van der Waals surface area contributed by atoms with E-state index in [1.54, 1.807) is 0 Å². The topological polar surface area (TPSA) is 107 Å². The van der Waals surface area contributed by atoms with Gasteiger partial charge < -0.3 is 15.2 Å². The summed E-state index contributed by atoms with van der Waals surface area (Å²) >= 11 is 0. The zero-order valence-electron chi connectivity index (χ0n) is 6.91. The molecule has 1 rings (SSSR count). The van der Waals surface area contributed by atoms with Gasteiger partial charge in [-0.3, -0.25) is 0 Å². The lowest BCUT2D eigenvalue weighted by molar-refractivity contribution is 0.0697. The molecule has 14 heavy (non-hydrogen) atoms. The first-order valence-corrected chi connectivity index (χ1v) is 3.63. The minimum atomic E-state index is -1.84. The highest BCUT2D eigenvalue weighted by Crippen LogP contribution is 2.11. The number of nitroso groups, excluding NO2 is 1. The summed E-state index contributed by atoms with van der Waals surface area (Å²) in [6.45, 7) is 0. The van der Waals surface area contributed by atoms with Crippen LogP contribution in [0.25, 0.3) is 0 Å². The molecule has 0 saturated heterocycles. The molecule has 0 aliphatic rings. The highest BCUT2D eigenvalue weighted by Gasteiger charge is 2.18. The van der Waals surface area contributed by atoms with Crippen molar-refractivity contribution in [3.05, 3.63) is 28.7 Å². The first-order valence-electron chi connectivity index (χ1n) is 3.63. The average Bonchev–Trinajstić information content (AvgIpc) is 2.16. The van der Waals surface area contributed by atoms with E-state index in [1.807, 2.05) is 0 Å². The summed E-state index contributed by atoms with van der Waals surface area (Å²) in [5.41, 5.74) is -0.547. The molecule has 6 nitrogen and oxygen atoms in total. The van der Waals surface area contributed by atoms with Crippen LogP contribution >= 0.6 is 0 Å². The fourth-order valence-corrected chi connectivity index (χ4v) is 0.974. The molecule has 0 unspecified atom stereocenters. The van der Waals surface area contributed by atoms with E-state index in [2.05, 4.69) is 5.18 Å². The van der Waals surface area contributed by atoms with Gasteiger partial charge in [0.15, 0.2) is 0 Å². The quantitative estimate of drug-likeness (QED) is 0.443. The van der Waals surface area contributed by atoms with Crippen LogP contribution in [0, 0.1) is 4.91 Å². The third-order valence-electron chi connectivity index (χ3n) is 1.65.